The molecular formula is C12H16F2N2. The molecule has 0 aliphatic heterocycles. The van der Waals surface area contributed by atoms with Crippen molar-refractivity contribution in [1.82, 2.24) is 0 Å². The summed E-state index contributed by atoms with van der Waals surface area (Å²) in [6, 6.07) is 4.50. The van der Waals surface area contributed by atoms with E-state index in [9.17, 15) is 8.78 Å². The van der Waals surface area contributed by atoms with Crippen LogP contribution in [0, 0.1) is 11.6 Å². The van der Waals surface area contributed by atoms with Gasteiger partial charge in [-0.3, -0.25) is 0 Å². The third-order valence-electron chi connectivity index (χ3n) is 3.03. The van der Waals surface area contributed by atoms with Gasteiger partial charge in [-0.25, -0.2) is 8.78 Å². The van der Waals surface area contributed by atoms with E-state index in [1.165, 1.54) is 6.07 Å². The quantitative estimate of drug-likeness (QED) is 0.813. The Balaban J connectivity index is 2.05. The van der Waals surface area contributed by atoms with Crippen LogP contribution in [0.2, 0.25) is 0 Å². The van der Waals surface area contributed by atoms with E-state index in [2.05, 4.69) is 5.32 Å². The number of hydrogen-bond acceptors (Lipinski definition) is 2. The zero-order valence-electron chi connectivity index (χ0n) is 9.05. The predicted octanol–water partition coefficient (Wildman–Crippen LogP) is 2.65. The van der Waals surface area contributed by atoms with Crippen LogP contribution in [0.15, 0.2) is 18.2 Å². The number of benzene rings is 1. The molecule has 0 aromatic heterocycles. The van der Waals surface area contributed by atoms with Gasteiger partial charge in [0, 0.05) is 12.1 Å². The first-order valence-electron chi connectivity index (χ1n) is 5.63. The van der Waals surface area contributed by atoms with Gasteiger partial charge in [-0.05, 0) is 37.8 Å². The second-order valence-electron chi connectivity index (χ2n) is 4.37. The average molecular weight is 226 g/mol. The average Bonchev–Trinajstić information content (AvgIpc) is 2.25. The summed E-state index contributed by atoms with van der Waals surface area (Å²) in [4.78, 5) is 0. The minimum absolute atomic E-state index is 0.153. The predicted molar refractivity (Wildman–Crippen MR) is 60.2 cm³/mol. The molecule has 1 aliphatic rings. The fourth-order valence-corrected chi connectivity index (χ4v) is 2.19. The Morgan fingerprint density at radius 1 is 1.25 bits per heavy atom. The maximum atomic E-state index is 13.4. The minimum Gasteiger partial charge on any atom is -0.380 e. The molecule has 0 saturated heterocycles. The van der Waals surface area contributed by atoms with E-state index in [0.717, 1.165) is 31.7 Å². The van der Waals surface area contributed by atoms with E-state index < -0.39 is 11.6 Å². The smallest absolute Gasteiger partial charge is 0.181 e. The van der Waals surface area contributed by atoms with Crippen LogP contribution in [0.3, 0.4) is 0 Å². The largest absolute Gasteiger partial charge is 0.380 e. The molecule has 1 fully saturated rings. The highest BCUT2D eigenvalue weighted by Crippen LogP contribution is 2.23. The van der Waals surface area contributed by atoms with E-state index in [1.54, 1.807) is 6.07 Å². The lowest BCUT2D eigenvalue weighted by Gasteiger charge is -2.28. The van der Waals surface area contributed by atoms with E-state index in [4.69, 9.17) is 5.73 Å². The van der Waals surface area contributed by atoms with Crippen LogP contribution >= 0.6 is 0 Å². The van der Waals surface area contributed by atoms with Crippen molar-refractivity contribution in [3.63, 3.8) is 0 Å². The number of nitrogens with two attached hydrogens (primary N) is 1. The number of hydrogen-bond donors (Lipinski definition) is 2. The summed E-state index contributed by atoms with van der Waals surface area (Å²) in [6.45, 7) is 0. The first kappa shape index (κ1) is 11.3. The Hall–Kier alpha value is -1.16. The van der Waals surface area contributed by atoms with Crippen molar-refractivity contribution in [1.29, 1.82) is 0 Å². The molecule has 2 nitrogen and oxygen atoms in total. The molecule has 4 heteroatoms. The van der Waals surface area contributed by atoms with Crippen LogP contribution in [-0.4, -0.2) is 12.1 Å². The third kappa shape index (κ3) is 2.50. The molecule has 0 radical (unpaired) electrons. The van der Waals surface area contributed by atoms with Gasteiger partial charge in [-0.15, -0.1) is 0 Å². The molecule has 2 rings (SSSR count). The van der Waals surface area contributed by atoms with Crippen molar-refractivity contribution in [2.75, 3.05) is 5.32 Å². The fraction of sp³-hybridized carbons (Fsp3) is 0.500. The van der Waals surface area contributed by atoms with Gasteiger partial charge in [-0.2, -0.15) is 0 Å². The van der Waals surface area contributed by atoms with Crippen LogP contribution in [-0.2, 0) is 0 Å². The normalized spacial score (nSPS) is 25.4. The van der Waals surface area contributed by atoms with E-state index >= 15 is 0 Å². The van der Waals surface area contributed by atoms with E-state index in [0.29, 0.717) is 0 Å². The van der Waals surface area contributed by atoms with Crippen LogP contribution in [0.25, 0.3) is 0 Å². The van der Waals surface area contributed by atoms with Gasteiger partial charge in [0.1, 0.15) is 0 Å². The van der Waals surface area contributed by atoms with Crippen molar-refractivity contribution < 1.29 is 8.78 Å². The standard InChI is InChI=1S/C12H16F2N2/c13-10-5-2-6-11(12(10)14)16-9-4-1-3-8(15)7-9/h2,5-6,8-9,16H,1,3-4,7,15H2. The molecule has 2 atom stereocenters. The van der Waals surface area contributed by atoms with Gasteiger partial charge >= 0.3 is 0 Å². The topological polar surface area (TPSA) is 38.0 Å². The Morgan fingerprint density at radius 2 is 2.06 bits per heavy atom. The van der Waals surface area contributed by atoms with Gasteiger partial charge in [0.05, 0.1) is 5.69 Å². The number of anilines is 1. The lowest BCUT2D eigenvalue weighted by molar-refractivity contribution is 0.407. The summed E-state index contributed by atoms with van der Waals surface area (Å²) in [5, 5.41) is 3.03. The summed E-state index contributed by atoms with van der Waals surface area (Å²) in [6.07, 6.45) is 3.83. The summed E-state index contributed by atoms with van der Waals surface area (Å²) in [5.41, 5.74) is 6.07. The summed E-state index contributed by atoms with van der Waals surface area (Å²) < 4.78 is 26.4. The molecule has 1 aromatic rings. The first-order chi connectivity index (χ1) is 7.66. The second-order valence-corrected chi connectivity index (χ2v) is 4.37. The highest BCUT2D eigenvalue weighted by molar-refractivity contribution is 5.45. The van der Waals surface area contributed by atoms with Gasteiger partial charge < -0.3 is 11.1 Å². The van der Waals surface area contributed by atoms with Gasteiger partial charge in [0.25, 0.3) is 0 Å². The fourth-order valence-electron chi connectivity index (χ4n) is 2.19. The minimum atomic E-state index is -0.815. The van der Waals surface area contributed by atoms with Gasteiger partial charge in [-0.1, -0.05) is 6.07 Å². The zero-order valence-corrected chi connectivity index (χ0v) is 9.05. The van der Waals surface area contributed by atoms with Crippen molar-refractivity contribution in [2.45, 2.75) is 37.8 Å². The SMILES string of the molecule is NC1CCCC(Nc2cccc(F)c2F)C1. The molecule has 1 aromatic carbocycles. The Bertz CT molecular complexity index is 368. The van der Waals surface area contributed by atoms with Crippen molar-refractivity contribution in [2.24, 2.45) is 5.73 Å². The molecule has 0 spiro atoms. The zero-order chi connectivity index (χ0) is 11.5. The van der Waals surface area contributed by atoms with E-state index in [-0.39, 0.29) is 17.8 Å². The van der Waals surface area contributed by atoms with Gasteiger partial charge in [0.15, 0.2) is 11.6 Å². The molecule has 2 unspecified atom stereocenters. The van der Waals surface area contributed by atoms with Crippen LogP contribution in [0.5, 0.6) is 0 Å². The van der Waals surface area contributed by atoms with Crippen molar-refractivity contribution in [3.8, 4) is 0 Å². The summed E-state index contributed by atoms with van der Waals surface area (Å²) >= 11 is 0. The highest BCUT2D eigenvalue weighted by Gasteiger charge is 2.20. The maximum Gasteiger partial charge on any atom is 0.181 e. The number of nitrogens with one attached hydrogen (secondary N) is 1. The summed E-state index contributed by atoms with van der Waals surface area (Å²) in [7, 11) is 0. The second kappa shape index (κ2) is 4.78. The summed E-state index contributed by atoms with van der Waals surface area (Å²) in [5.74, 6) is -1.62. The molecule has 1 aliphatic carbocycles. The molecule has 16 heavy (non-hydrogen) atoms. The Kier molecular flexibility index (Phi) is 3.39. The van der Waals surface area contributed by atoms with Gasteiger partial charge in [0.2, 0.25) is 0 Å². The lowest BCUT2D eigenvalue weighted by Crippen LogP contribution is -2.35. The molecular weight excluding hydrogens is 210 g/mol. The number of rotatable bonds is 2. The Labute approximate surface area is 93.8 Å². The molecule has 0 heterocycles. The Morgan fingerprint density at radius 3 is 2.81 bits per heavy atom. The third-order valence-corrected chi connectivity index (χ3v) is 3.03. The molecule has 3 N–H and O–H groups in total. The molecule has 0 amide bonds. The monoisotopic (exact) mass is 226 g/mol. The molecule has 1 saturated carbocycles. The maximum absolute atomic E-state index is 13.4. The molecule has 0 bridgehead atoms. The van der Waals surface area contributed by atoms with E-state index in [1.807, 2.05) is 0 Å². The lowest BCUT2D eigenvalue weighted by atomic mass is 9.91. The van der Waals surface area contributed by atoms with Crippen LogP contribution in [0.1, 0.15) is 25.7 Å². The highest BCUT2D eigenvalue weighted by atomic mass is 19.2. The molecule has 88 valence electrons. The first-order valence-corrected chi connectivity index (χ1v) is 5.63. The van der Waals surface area contributed by atoms with Crippen LogP contribution < -0.4 is 11.1 Å². The van der Waals surface area contributed by atoms with Crippen molar-refractivity contribution in [3.05, 3.63) is 29.8 Å². The van der Waals surface area contributed by atoms with Crippen LogP contribution in [0.4, 0.5) is 14.5 Å². The van der Waals surface area contributed by atoms with Crippen molar-refractivity contribution >= 4 is 5.69 Å². The number of halogens is 2.